The maximum absolute atomic E-state index is 13.2. The molecule has 0 bridgehead atoms. The van der Waals surface area contributed by atoms with Crippen molar-refractivity contribution in [2.24, 2.45) is 17.8 Å². The third-order valence-corrected chi connectivity index (χ3v) is 9.65. The number of hydrogen-bond donors (Lipinski definition) is 1. The van der Waals surface area contributed by atoms with E-state index in [2.05, 4.69) is 30.4 Å². The molecule has 1 aromatic carbocycles. The summed E-state index contributed by atoms with van der Waals surface area (Å²) in [6.07, 6.45) is 5.38. The SMILES string of the molecule is CCOC(=O)c1c(NC(=O)C(C)C)sc2c1[C@]1(C)CC[C@H]3c4ccc(OC)cc4CC[C@@H]3[C@@H]1C2. The summed E-state index contributed by atoms with van der Waals surface area (Å²) in [5, 5.41) is 3.71. The Morgan fingerprint density at radius 1 is 1.26 bits per heavy atom. The highest BCUT2D eigenvalue weighted by Crippen LogP contribution is 2.63. The molecule has 1 fully saturated rings. The van der Waals surface area contributed by atoms with Crippen LogP contribution in [-0.2, 0) is 27.8 Å². The number of carbonyl (C=O) groups excluding carboxylic acids is 2. The lowest BCUT2D eigenvalue weighted by Crippen LogP contribution is -2.43. The molecule has 5 rings (SSSR count). The zero-order valence-corrected chi connectivity index (χ0v) is 21.6. The minimum atomic E-state index is -0.302. The summed E-state index contributed by atoms with van der Waals surface area (Å²) in [5.41, 5.74) is 4.62. The van der Waals surface area contributed by atoms with E-state index in [0.717, 1.165) is 37.0 Å². The molecule has 34 heavy (non-hydrogen) atoms. The fourth-order valence-electron chi connectivity index (χ4n) is 6.86. The Morgan fingerprint density at radius 3 is 2.76 bits per heavy atom. The number of anilines is 1. The van der Waals surface area contributed by atoms with Crippen LogP contribution in [-0.4, -0.2) is 25.6 Å². The smallest absolute Gasteiger partial charge is 0.341 e. The summed E-state index contributed by atoms with van der Waals surface area (Å²) in [5.74, 6) is 2.10. The molecule has 0 saturated heterocycles. The number of hydrogen-bond acceptors (Lipinski definition) is 5. The molecule has 182 valence electrons. The van der Waals surface area contributed by atoms with Gasteiger partial charge in [-0.15, -0.1) is 11.3 Å². The first-order chi connectivity index (χ1) is 16.3. The van der Waals surface area contributed by atoms with Gasteiger partial charge in [-0.3, -0.25) is 4.79 Å². The molecule has 2 aromatic rings. The normalized spacial score (nSPS) is 26.8. The van der Waals surface area contributed by atoms with E-state index in [1.807, 2.05) is 20.8 Å². The number of ether oxygens (including phenoxy) is 2. The van der Waals surface area contributed by atoms with Crippen LogP contribution in [0.15, 0.2) is 18.2 Å². The predicted molar refractivity (Wildman–Crippen MR) is 135 cm³/mol. The van der Waals surface area contributed by atoms with Crippen molar-refractivity contribution in [3.05, 3.63) is 45.3 Å². The Balaban J connectivity index is 1.52. The van der Waals surface area contributed by atoms with Crippen LogP contribution in [0.25, 0.3) is 0 Å². The molecule has 4 atom stereocenters. The number of benzene rings is 1. The molecule has 3 aliphatic carbocycles. The second-order valence-corrected chi connectivity index (χ2v) is 11.7. The second-order valence-electron chi connectivity index (χ2n) is 10.6. The Morgan fingerprint density at radius 2 is 2.06 bits per heavy atom. The van der Waals surface area contributed by atoms with E-state index in [-0.39, 0.29) is 23.2 Å². The van der Waals surface area contributed by atoms with Crippen LogP contribution in [0.2, 0.25) is 0 Å². The first kappa shape index (κ1) is 23.4. The van der Waals surface area contributed by atoms with E-state index in [1.165, 1.54) is 22.4 Å². The van der Waals surface area contributed by atoms with Crippen molar-refractivity contribution in [1.29, 1.82) is 0 Å². The number of methoxy groups -OCH3 is 1. The number of amides is 1. The summed E-state index contributed by atoms with van der Waals surface area (Å²) >= 11 is 1.59. The Hall–Kier alpha value is -2.34. The molecule has 1 saturated carbocycles. The Labute approximate surface area is 206 Å². The molecule has 0 radical (unpaired) electrons. The molecule has 1 N–H and O–H groups in total. The third-order valence-electron chi connectivity index (χ3n) is 8.52. The maximum Gasteiger partial charge on any atom is 0.341 e. The summed E-state index contributed by atoms with van der Waals surface area (Å²) in [4.78, 5) is 27.0. The number of fused-ring (bicyclic) bond motifs is 7. The van der Waals surface area contributed by atoms with Crippen LogP contribution < -0.4 is 10.1 Å². The van der Waals surface area contributed by atoms with E-state index in [1.54, 1.807) is 18.4 Å². The largest absolute Gasteiger partial charge is 0.497 e. The molecule has 1 amide bonds. The van der Waals surface area contributed by atoms with Gasteiger partial charge in [0.1, 0.15) is 10.8 Å². The van der Waals surface area contributed by atoms with E-state index in [9.17, 15) is 9.59 Å². The van der Waals surface area contributed by atoms with Gasteiger partial charge >= 0.3 is 5.97 Å². The summed E-state index contributed by atoms with van der Waals surface area (Å²) in [6.45, 7) is 8.26. The van der Waals surface area contributed by atoms with Gasteiger partial charge in [0.05, 0.1) is 19.3 Å². The van der Waals surface area contributed by atoms with E-state index in [0.29, 0.717) is 34.9 Å². The zero-order valence-electron chi connectivity index (χ0n) is 20.8. The number of carbonyl (C=O) groups is 2. The monoisotopic (exact) mass is 481 g/mol. The number of aryl methyl sites for hydroxylation is 1. The van der Waals surface area contributed by atoms with E-state index < -0.39 is 0 Å². The van der Waals surface area contributed by atoms with Crippen molar-refractivity contribution < 1.29 is 19.1 Å². The minimum absolute atomic E-state index is 0.0600. The molecule has 0 aliphatic heterocycles. The van der Waals surface area contributed by atoms with Gasteiger partial charge in [0.25, 0.3) is 0 Å². The number of thiophene rings is 1. The lowest BCUT2D eigenvalue weighted by molar-refractivity contribution is -0.118. The van der Waals surface area contributed by atoms with Gasteiger partial charge in [-0.05, 0) is 91.0 Å². The van der Waals surface area contributed by atoms with Gasteiger partial charge in [0, 0.05) is 10.8 Å². The quantitative estimate of drug-likeness (QED) is 0.524. The first-order valence-electron chi connectivity index (χ1n) is 12.6. The molecule has 6 heteroatoms. The minimum Gasteiger partial charge on any atom is -0.497 e. The van der Waals surface area contributed by atoms with Crippen molar-refractivity contribution in [2.75, 3.05) is 19.0 Å². The molecular formula is C28H35NO4S. The molecule has 3 aliphatic rings. The summed E-state index contributed by atoms with van der Waals surface area (Å²) < 4.78 is 11.0. The zero-order chi connectivity index (χ0) is 24.2. The predicted octanol–water partition coefficient (Wildman–Crippen LogP) is 6.10. The molecular weight excluding hydrogens is 446 g/mol. The Kier molecular flexibility index (Phi) is 5.99. The van der Waals surface area contributed by atoms with Crippen molar-refractivity contribution in [2.45, 2.75) is 71.1 Å². The molecule has 0 spiro atoms. The van der Waals surface area contributed by atoms with E-state index >= 15 is 0 Å². The fourth-order valence-corrected chi connectivity index (χ4v) is 8.25. The lowest BCUT2D eigenvalue weighted by Gasteiger charge is -2.49. The van der Waals surface area contributed by atoms with Crippen LogP contribution in [0.5, 0.6) is 5.75 Å². The van der Waals surface area contributed by atoms with E-state index in [4.69, 9.17) is 9.47 Å². The molecule has 1 aromatic heterocycles. The maximum atomic E-state index is 13.2. The van der Waals surface area contributed by atoms with Crippen LogP contribution >= 0.6 is 11.3 Å². The standard InChI is InChI=1S/C28H35NO4S/c1-6-33-27(31)23-24-22(34-26(23)29-25(30)15(2)3)14-21-20-9-7-16-13-17(32-5)8-10-18(16)19(20)11-12-28(21,24)4/h8,10,13,15,19-21H,6-7,9,11-12,14H2,1-5H3,(H,29,30)/t19-,20-,21-,28+/m0/s1. The van der Waals surface area contributed by atoms with Crippen molar-refractivity contribution in [3.63, 3.8) is 0 Å². The number of nitrogens with one attached hydrogen (secondary N) is 1. The highest BCUT2D eigenvalue weighted by atomic mass is 32.1. The van der Waals surface area contributed by atoms with Crippen LogP contribution in [0.4, 0.5) is 5.00 Å². The Bertz CT molecular complexity index is 1140. The number of esters is 1. The van der Waals surface area contributed by atoms with Gasteiger partial charge in [0.15, 0.2) is 0 Å². The molecule has 0 unspecified atom stereocenters. The highest BCUT2D eigenvalue weighted by Gasteiger charge is 2.55. The topological polar surface area (TPSA) is 64.6 Å². The first-order valence-corrected chi connectivity index (χ1v) is 13.4. The van der Waals surface area contributed by atoms with Gasteiger partial charge in [-0.1, -0.05) is 26.8 Å². The van der Waals surface area contributed by atoms with Crippen LogP contribution in [0, 0.1) is 17.8 Å². The second kappa shape index (κ2) is 8.71. The van der Waals surface area contributed by atoms with Crippen molar-refractivity contribution in [1.82, 2.24) is 0 Å². The fraction of sp³-hybridized carbons (Fsp3) is 0.571. The molecule has 1 heterocycles. The van der Waals surface area contributed by atoms with Gasteiger partial charge in [0.2, 0.25) is 5.91 Å². The van der Waals surface area contributed by atoms with Crippen molar-refractivity contribution >= 4 is 28.2 Å². The van der Waals surface area contributed by atoms with Crippen LogP contribution in [0.1, 0.15) is 84.8 Å². The van der Waals surface area contributed by atoms with Gasteiger partial charge < -0.3 is 14.8 Å². The van der Waals surface area contributed by atoms with Gasteiger partial charge in [-0.25, -0.2) is 4.79 Å². The highest BCUT2D eigenvalue weighted by molar-refractivity contribution is 7.17. The van der Waals surface area contributed by atoms with Crippen molar-refractivity contribution in [3.8, 4) is 5.75 Å². The summed E-state index contributed by atoms with van der Waals surface area (Å²) in [7, 11) is 1.73. The number of rotatable bonds is 5. The molecule has 5 nitrogen and oxygen atoms in total. The third kappa shape index (κ3) is 3.57. The van der Waals surface area contributed by atoms with Gasteiger partial charge in [-0.2, -0.15) is 0 Å². The lowest BCUT2D eigenvalue weighted by atomic mass is 9.54. The average molecular weight is 482 g/mol. The average Bonchev–Trinajstić information content (AvgIpc) is 3.32. The summed E-state index contributed by atoms with van der Waals surface area (Å²) in [6, 6.07) is 6.60. The van der Waals surface area contributed by atoms with Crippen LogP contribution in [0.3, 0.4) is 0 Å².